The van der Waals surface area contributed by atoms with Crippen molar-refractivity contribution in [3.8, 4) is 0 Å². The summed E-state index contributed by atoms with van der Waals surface area (Å²) in [7, 11) is 0. The molecule has 4 unspecified atom stereocenters. The summed E-state index contributed by atoms with van der Waals surface area (Å²) < 4.78 is 5.97. The first-order valence-electron chi connectivity index (χ1n) is 8.79. The fourth-order valence-corrected chi connectivity index (χ4v) is 4.70. The Morgan fingerprint density at radius 3 is 2.65 bits per heavy atom. The third kappa shape index (κ3) is 2.42. The zero-order chi connectivity index (χ0) is 14.2. The predicted octanol–water partition coefficient (Wildman–Crippen LogP) is 2.65. The molecule has 2 aliphatic carbocycles. The van der Waals surface area contributed by atoms with Gasteiger partial charge in [0.25, 0.3) is 0 Å². The van der Waals surface area contributed by atoms with Crippen LogP contribution in [0, 0.1) is 11.3 Å². The molecule has 0 aromatic rings. The molecular weight excluding hydrogens is 248 g/mol. The van der Waals surface area contributed by atoms with E-state index in [1.807, 2.05) is 0 Å². The molecule has 1 spiro atoms. The van der Waals surface area contributed by atoms with E-state index in [4.69, 9.17) is 4.74 Å². The Kier molecular flexibility index (Phi) is 4.40. The van der Waals surface area contributed by atoms with Gasteiger partial charge in [0.15, 0.2) is 0 Å². The first-order valence-corrected chi connectivity index (χ1v) is 8.79. The summed E-state index contributed by atoms with van der Waals surface area (Å²) in [5.74, 6) is 0.784. The Labute approximate surface area is 124 Å². The number of nitrogens with zero attached hydrogens (tertiary/aromatic N) is 1. The molecule has 1 saturated heterocycles. The molecule has 0 amide bonds. The lowest BCUT2D eigenvalue weighted by Gasteiger charge is -2.62. The molecule has 1 heterocycles. The summed E-state index contributed by atoms with van der Waals surface area (Å²) in [6, 6.07) is 1.45. The van der Waals surface area contributed by atoms with Gasteiger partial charge >= 0.3 is 0 Å². The fraction of sp³-hybridized carbons (Fsp3) is 1.00. The van der Waals surface area contributed by atoms with Crippen molar-refractivity contribution < 1.29 is 4.74 Å². The van der Waals surface area contributed by atoms with Gasteiger partial charge in [0.1, 0.15) is 0 Å². The first-order chi connectivity index (χ1) is 9.69. The second kappa shape index (κ2) is 5.94. The Morgan fingerprint density at radius 2 is 2.10 bits per heavy atom. The van der Waals surface area contributed by atoms with Gasteiger partial charge in [-0.25, -0.2) is 0 Å². The van der Waals surface area contributed by atoms with E-state index in [2.05, 4.69) is 31.0 Å². The molecule has 3 aliphatic rings. The maximum Gasteiger partial charge on any atom is 0.0661 e. The number of likely N-dealkylation sites (tertiary alicyclic amines) is 1. The van der Waals surface area contributed by atoms with Crippen molar-refractivity contribution >= 4 is 0 Å². The molecule has 116 valence electrons. The minimum atomic E-state index is 0.512. The molecule has 3 rings (SSSR count). The summed E-state index contributed by atoms with van der Waals surface area (Å²) in [6.07, 6.45) is 7.29. The maximum atomic E-state index is 5.97. The van der Waals surface area contributed by atoms with Crippen LogP contribution in [0.15, 0.2) is 0 Å². The third-order valence-corrected chi connectivity index (χ3v) is 6.29. The molecule has 0 aromatic carbocycles. The van der Waals surface area contributed by atoms with Crippen molar-refractivity contribution in [1.29, 1.82) is 0 Å². The minimum Gasteiger partial charge on any atom is -0.378 e. The Hall–Kier alpha value is -0.120. The Balaban J connectivity index is 1.54. The molecule has 1 aliphatic heterocycles. The lowest BCUT2D eigenvalue weighted by atomic mass is 9.50. The molecule has 20 heavy (non-hydrogen) atoms. The highest BCUT2D eigenvalue weighted by Gasteiger charge is 2.59. The van der Waals surface area contributed by atoms with Crippen molar-refractivity contribution in [1.82, 2.24) is 10.2 Å². The molecule has 2 saturated carbocycles. The van der Waals surface area contributed by atoms with Crippen LogP contribution < -0.4 is 5.32 Å². The summed E-state index contributed by atoms with van der Waals surface area (Å²) in [5.41, 5.74) is 0.512. The van der Waals surface area contributed by atoms with Crippen molar-refractivity contribution in [3.63, 3.8) is 0 Å². The number of piperidine rings is 1. The SMILES string of the molecule is CCOC1CC(NC2CCN(CC)CC2C)C12CCC2. The lowest BCUT2D eigenvalue weighted by Crippen LogP contribution is -2.69. The van der Waals surface area contributed by atoms with Crippen LogP contribution in [0.5, 0.6) is 0 Å². The van der Waals surface area contributed by atoms with Gasteiger partial charge in [-0.1, -0.05) is 20.3 Å². The summed E-state index contributed by atoms with van der Waals surface area (Å²) >= 11 is 0. The van der Waals surface area contributed by atoms with Gasteiger partial charge < -0.3 is 15.0 Å². The van der Waals surface area contributed by atoms with Crippen LogP contribution in [0.25, 0.3) is 0 Å². The van der Waals surface area contributed by atoms with E-state index in [0.717, 1.165) is 24.6 Å². The highest BCUT2D eigenvalue weighted by atomic mass is 16.5. The highest BCUT2D eigenvalue weighted by molar-refractivity contribution is 5.13. The molecule has 0 radical (unpaired) electrons. The van der Waals surface area contributed by atoms with E-state index in [9.17, 15) is 0 Å². The van der Waals surface area contributed by atoms with Crippen molar-refractivity contribution in [2.24, 2.45) is 11.3 Å². The van der Waals surface area contributed by atoms with E-state index in [1.54, 1.807) is 0 Å². The molecule has 0 aromatic heterocycles. The number of hydrogen-bond acceptors (Lipinski definition) is 3. The highest BCUT2D eigenvalue weighted by Crippen LogP contribution is 2.57. The fourth-order valence-electron chi connectivity index (χ4n) is 4.70. The quantitative estimate of drug-likeness (QED) is 0.838. The first kappa shape index (κ1) is 14.8. The second-order valence-corrected chi connectivity index (χ2v) is 7.25. The standard InChI is InChI=1S/C17H32N2O/c1-4-19-10-7-14(13(3)12-19)18-15-11-16(20-5-2)17(15)8-6-9-17/h13-16,18H,4-12H2,1-3H3. The summed E-state index contributed by atoms with van der Waals surface area (Å²) in [5, 5.41) is 4.02. The van der Waals surface area contributed by atoms with Gasteiger partial charge in [-0.3, -0.25) is 0 Å². The van der Waals surface area contributed by atoms with Crippen LogP contribution in [0.4, 0.5) is 0 Å². The van der Waals surface area contributed by atoms with Gasteiger partial charge in [-0.05, 0) is 51.6 Å². The van der Waals surface area contributed by atoms with Gasteiger partial charge in [0.05, 0.1) is 6.10 Å². The monoisotopic (exact) mass is 280 g/mol. The number of rotatable bonds is 5. The van der Waals surface area contributed by atoms with Crippen LogP contribution in [0.1, 0.15) is 52.9 Å². The lowest BCUT2D eigenvalue weighted by molar-refractivity contribution is -0.176. The van der Waals surface area contributed by atoms with Gasteiger partial charge in [-0.2, -0.15) is 0 Å². The number of nitrogens with one attached hydrogen (secondary N) is 1. The molecule has 3 nitrogen and oxygen atoms in total. The molecular formula is C17H32N2O. The Morgan fingerprint density at radius 1 is 1.30 bits per heavy atom. The van der Waals surface area contributed by atoms with Gasteiger partial charge in [-0.15, -0.1) is 0 Å². The summed E-state index contributed by atoms with van der Waals surface area (Å²) in [6.45, 7) is 11.5. The predicted molar refractivity (Wildman–Crippen MR) is 82.9 cm³/mol. The van der Waals surface area contributed by atoms with Crippen LogP contribution in [-0.4, -0.2) is 49.3 Å². The van der Waals surface area contributed by atoms with Crippen molar-refractivity contribution in [2.45, 2.75) is 71.1 Å². The van der Waals surface area contributed by atoms with Crippen LogP contribution in [-0.2, 0) is 4.74 Å². The zero-order valence-electron chi connectivity index (χ0n) is 13.5. The Bertz CT molecular complexity index is 329. The van der Waals surface area contributed by atoms with Crippen molar-refractivity contribution in [2.75, 3.05) is 26.2 Å². The average molecular weight is 280 g/mol. The van der Waals surface area contributed by atoms with Crippen LogP contribution in [0.2, 0.25) is 0 Å². The van der Waals surface area contributed by atoms with Gasteiger partial charge in [0.2, 0.25) is 0 Å². The van der Waals surface area contributed by atoms with E-state index >= 15 is 0 Å². The summed E-state index contributed by atoms with van der Waals surface area (Å²) in [4.78, 5) is 2.59. The second-order valence-electron chi connectivity index (χ2n) is 7.25. The number of hydrogen-bond donors (Lipinski definition) is 1. The third-order valence-electron chi connectivity index (χ3n) is 6.29. The average Bonchev–Trinajstić information content (AvgIpc) is 2.37. The normalized spacial score (nSPS) is 40.4. The topological polar surface area (TPSA) is 24.5 Å². The maximum absolute atomic E-state index is 5.97. The molecule has 1 N–H and O–H groups in total. The number of ether oxygens (including phenoxy) is 1. The minimum absolute atomic E-state index is 0.512. The molecule has 0 bridgehead atoms. The molecule has 4 atom stereocenters. The van der Waals surface area contributed by atoms with Crippen LogP contribution >= 0.6 is 0 Å². The van der Waals surface area contributed by atoms with E-state index < -0.39 is 0 Å². The van der Waals surface area contributed by atoms with E-state index in [0.29, 0.717) is 11.5 Å². The largest absolute Gasteiger partial charge is 0.378 e. The zero-order valence-corrected chi connectivity index (χ0v) is 13.5. The van der Waals surface area contributed by atoms with Gasteiger partial charge in [0, 0.05) is 30.7 Å². The molecule has 3 heteroatoms. The van der Waals surface area contributed by atoms with Crippen LogP contribution in [0.3, 0.4) is 0 Å². The van der Waals surface area contributed by atoms with E-state index in [1.165, 1.54) is 51.7 Å². The van der Waals surface area contributed by atoms with E-state index in [-0.39, 0.29) is 0 Å². The van der Waals surface area contributed by atoms with Crippen molar-refractivity contribution in [3.05, 3.63) is 0 Å². The smallest absolute Gasteiger partial charge is 0.0661 e. The molecule has 3 fully saturated rings.